The molecule has 5 nitrogen and oxygen atoms in total. The van der Waals surface area contributed by atoms with Gasteiger partial charge in [-0.25, -0.2) is 12.7 Å². The van der Waals surface area contributed by atoms with Crippen molar-refractivity contribution in [1.29, 1.82) is 0 Å². The van der Waals surface area contributed by atoms with Crippen LogP contribution in [0.3, 0.4) is 0 Å². The molecular formula is C12H20N2O3S. The molecule has 0 fully saturated rings. The number of hydrogen-bond acceptors (Lipinski definition) is 4. The van der Waals surface area contributed by atoms with Crippen molar-refractivity contribution >= 4 is 15.7 Å². The van der Waals surface area contributed by atoms with Gasteiger partial charge in [0.15, 0.2) is 0 Å². The Morgan fingerprint density at radius 2 is 2.06 bits per heavy atom. The summed E-state index contributed by atoms with van der Waals surface area (Å²) >= 11 is 0. The number of benzene rings is 1. The van der Waals surface area contributed by atoms with Gasteiger partial charge in [0, 0.05) is 33.0 Å². The highest BCUT2D eigenvalue weighted by molar-refractivity contribution is 7.89. The Morgan fingerprint density at radius 1 is 1.39 bits per heavy atom. The first-order chi connectivity index (χ1) is 8.39. The molecule has 0 saturated heterocycles. The van der Waals surface area contributed by atoms with Crippen LogP contribution >= 0.6 is 0 Å². The summed E-state index contributed by atoms with van der Waals surface area (Å²) < 4.78 is 30.7. The van der Waals surface area contributed by atoms with Crippen LogP contribution in [-0.4, -0.2) is 40.0 Å². The molecule has 1 aromatic rings. The number of rotatable bonds is 6. The van der Waals surface area contributed by atoms with Crippen molar-refractivity contribution in [1.82, 2.24) is 4.31 Å². The van der Waals surface area contributed by atoms with Gasteiger partial charge in [0.1, 0.15) is 0 Å². The van der Waals surface area contributed by atoms with Gasteiger partial charge in [-0.15, -0.1) is 0 Å². The van der Waals surface area contributed by atoms with Gasteiger partial charge >= 0.3 is 0 Å². The summed E-state index contributed by atoms with van der Waals surface area (Å²) in [6.45, 7) is 2.76. The van der Waals surface area contributed by atoms with Crippen molar-refractivity contribution in [2.45, 2.75) is 18.2 Å². The zero-order valence-electron chi connectivity index (χ0n) is 11.0. The first kappa shape index (κ1) is 14.9. The Hall–Kier alpha value is -1.11. The Bertz CT molecular complexity index is 500. The maximum absolute atomic E-state index is 12.2. The average Bonchev–Trinajstić information content (AvgIpc) is 2.32. The summed E-state index contributed by atoms with van der Waals surface area (Å²) in [5.41, 5.74) is 7.04. The topological polar surface area (TPSA) is 72.6 Å². The lowest BCUT2D eigenvalue weighted by Gasteiger charge is -2.17. The largest absolute Gasteiger partial charge is 0.399 e. The molecule has 0 atom stereocenters. The predicted molar refractivity (Wildman–Crippen MR) is 71.9 cm³/mol. The molecule has 2 N–H and O–H groups in total. The molecule has 0 unspecified atom stereocenters. The van der Waals surface area contributed by atoms with Crippen LogP contribution in [0.4, 0.5) is 5.69 Å². The predicted octanol–water partition coefficient (Wildman–Crippen LogP) is 1.23. The van der Waals surface area contributed by atoms with Crippen LogP contribution in [0.25, 0.3) is 0 Å². The zero-order chi connectivity index (χ0) is 13.8. The van der Waals surface area contributed by atoms with Crippen LogP contribution in [0, 0.1) is 6.92 Å². The second-order valence-corrected chi connectivity index (χ2v) is 6.24. The minimum Gasteiger partial charge on any atom is -0.399 e. The molecule has 0 heterocycles. The van der Waals surface area contributed by atoms with E-state index in [1.165, 1.54) is 10.4 Å². The summed E-state index contributed by atoms with van der Waals surface area (Å²) in [7, 11) is -0.275. The van der Waals surface area contributed by atoms with Crippen LogP contribution in [0.5, 0.6) is 0 Å². The molecule has 0 bridgehead atoms. The lowest BCUT2D eigenvalue weighted by molar-refractivity contribution is 0.189. The molecule has 0 spiro atoms. The van der Waals surface area contributed by atoms with Gasteiger partial charge in [0.2, 0.25) is 10.0 Å². The summed E-state index contributed by atoms with van der Waals surface area (Å²) in [6, 6.07) is 4.74. The monoisotopic (exact) mass is 272 g/mol. The van der Waals surface area contributed by atoms with Crippen LogP contribution in [0.15, 0.2) is 23.1 Å². The summed E-state index contributed by atoms with van der Waals surface area (Å²) in [5.74, 6) is 0. The molecule has 18 heavy (non-hydrogen) atoms. The second kappa shape index (κ2) is 6.17. The van der Waals surface area contributed by atoms with Crippen molar-refractivity contribution in [3.8, 4) is 0 Å². The van der Waals surface area contributed by atoms with E-state index in [9.17, 15) is 8.42 Å². The molecule has 0 saturated carbocycles. The molecule has 0 aliphatic rings. The molecule has 1 aromatic carbocycles. The van der Waals surface area contributed by atoms with E-state index in [0.29, 0.717) is 25.3 Å². The average molecular weight is 272 g/mol. The summed E-state index contributed by atoms with van der Waals surface area (Å²) in [4.78, 5) is 0.272. The minimum absolute atomic E-state index is 0.272. The zero-order valence-corrected chi connectivity index (χ0v) is 11.8. The van der Waals surface area contributed by atoms with E-state index in [4.69, 9.17) is 10.5 Å². The van der Waals surface area contributed by atoms with Gasteiger partial charge in [0.05, 0.1) is 4.90 Å². The van der Waals surface area contributed by atoms with Crippen LogP contribution in [0.2, 0.25) is 0 Å². The smallest absolute Gasteiger partial charge is 0.242 e. The number of nitrogens with zero attached hydrogens (tertiary/aromatic N) is 1. The quantitative estimate of drug-likeness (QED) is 0.624. The first-order valence-electron chi connectivity index (χ1n) is 5.71. The van der Waals surface area contributed by atoms with E-state index in [2.05, 4.69) is 0 Å². The van der Waals surface area contributed by atoms with Crippen LogP contribution < -0.4 is 5.73 Å². The van der Waals surface area contributed by atoms with Crippen molar-refractivity contribution in [2.75, 3.05) is 33.0 Å². The number of ether oxygens (including phenoxy) is 1. The van der Waals surface area contributed by atoms with Gasteiger partial charge in [0.25, 0.3) is 0 Å². The number of methoxy groups -OCH3 is 1. The normalized spacial score (nSPS) is 12.0. The molecular weight excluding hydrogens is 252 g/mol. The second-order valence-electron chi connectivity index (χ2n) is 4.19. The van der Waals surface area contributed by atoms with Crippen molar-refractivity contribution in [2.24, 2.45) is 0 Å². The highest BCUT2D eigenvalue weighted by Crippen LogP contribution is 2.19. The van der Waals surface area contributed by atoms with Gasteiger partial charge in [-0.2, -0.15) is 0 Å². The fourth-order valence-corrected chi connectivity index (χ4v) is 2.84. The van der Waals surface area contributed by atoms with Crippen LogP contribution in [-0.2, 0) is 14.8 Å². The highest BCUT2D eigenvalue weighted by Gasteiger charge is 2.20. The Kier molecular flexibility index (Phi) is 5.13. The maximum atomic E-state index is 12.2. The van der Waals surface area contributed by atoms with E-state index in [1.807, 2.05) is 0 Å². The number of anilines is 1. The maximum Gasteiger partial charge on any atom is 0.242 e. The van der Waals surface area contributed by atoms with Gasteiger partial charge in [-0.05, 0) is 37.1 Å². The van der Waals surface area contributed by atoms with Crippen molar-refractivity contribution in [3.05, 3.63) is 23.8 Å². The van der Waals surface area contributed by atoms with Gasteiger partial charge in [-0.3, -0.25) is 0 Å². The molecule has 0 aliphatic heterocycles. The van der Waals surface area contributed by atoms with E-state index >= 15 is 0 Å². The van der Waals surface area contributed by atoms with Crippen molar-refractivity contribution < 1.29 is 13.2 Å². The molecule has 0 aromatic heterocycles. The molecule has 0 amide bonds. The third-order valence-electron chi connectivity index (χ3n) is 2.77. The fourth-order valence-electron chi connectivity index (χ4n) is 1.54. The molecule has 0 radical (unpaired) electrons. The lowest BCUT2D eigenvalue weighted by Crippen LogP contribution is -2.28. The number of hydrogen-bond donors (Lipinski definition) is 1. The Morgan fingerprint density at radius 3 is 2.61 bits per heavy atom. The summed E-state index contributed by atoms with van der Waals surface area (Å²) in [5, 5.41) is 0. The lowest BCUT2D eigenvalue weighted by atomic mass is 10.2. The Labute approximate surface area is 109 Å². The first-order valence-corrected chi connectivity index (χ1v) is 7.15. The molecule has 6 heteroatoms. The molecule has 0 aliphatic carbocycles. The summed E-state index contributed by atoms with van der Waals surface area (Å²) in [6.07, 6.45) is 0.667. The van der Waals surface area contributed by atoms with E-state index < -0.39 is 10.0 Å². The molecule has 1 rings (SSSR count). The number of nitrogens with two attached hydrogens (primary N) is 1. The van der Waals surface area contributed by atoms with Gasteiger partial charge in [-0.1, -0.05) is 0 Å². The van der Waals surface area contributed by atoms with E-state index in [1.54, 1.807) is 33.2 Å². The van der Waals surface area contributed by atoms with E-state index in [-0.39, 0.29) is 4.90 Å². The number of sulfonamides is 1. The Balaban J connectivity index is 2.88. The van der Waals surface area contributed by atoms with E-state index in [0.717, 1.165) is 5.56 Å². The fraction of sp³-hybridized carbons (Fsp3) is 0.500. The van der Waals surface area contributed by atoms with Crippen molar-refractivity contribution in [3.63, 3.8) is 0 Å². The number of aryl methyl sites for hydroxylation is 1. The third kappa shape index (κ3) is 3.44. The van der Waals surface area contributed by atoms with Crippen LogP contribution in [0.1, 0.15) is 12.0 Å². The minimum atomic E-state index is -3.44. The third-order valence-corrected chi connectivity index (χ3v) is 4.62. The molecule has 102 valence electrons. The standard InChI is InChI=1S/C12H20N2O3S/c1-10-9-11(5-6-12(10)13)18(15,16)14(2)7-4-8-17-3/h5-6,9H,4,7-8,13H2,1-3H3. The SMILES string of the molecule is COCCCN(C)S(=O)(=O)c1ccc(N)c(C)c1. The number of nitrogen functional groups attached to an aromatic ring is 1. The highest BCUT2D eigenvalue weighted by atomic mass is 32.2. The van der Waals surface area contributed by atoms with Gasteiger partial charge < -0.3 is 10.5 Å².